The number of quaternary nitrogens is 1. The summed E-state index contributed by atoms with van der Waals surface area (Å²) in [5.74, 6) is 0. The molecule has 0 fully saturated rings. The summed E-state index contributed by atoms with van der Waals surface area (Å²) in [5, 5.41) is 2.73. The molecular formula is C23H38N3O3+. The molecule has 1 aromatic carbocycles. The minimum Gasteiger partial charge on any atom is -0.443 e. The number of hydrogen-bond acceptors (Lipinski definition) is 4. The minimum absolute atomic E-state index is 0.397. The number of nitrogens with one attached hydrogen (secondary N) is 1. The van der Waals surface area contributed by atoms with Crippen molar-refractivity contribution in [1.29, 1.82) is 0 Å². The SMILES string of the molecule is CCCC[N+](CCCC)(CCCC)CCOC(=O)Nc1ccc(C)c(N=C=O)c1. The van der Waals surface area contributed by atoms with Crippen LogP contribution in [0.5, 0.6) is 0 Å². The molecule has 0 saturated heterocycles. The zero-order chi connectivity index (χ0) is 21.5. The third kappa shape index (κ3) is 9.25. The van der Waals surface area contributed by atoms with Gasteiger partial charge in [-0.3, -0.25) is 5.32 Å². The molecule has 0 spiro atoms. The average Bonchev–Trinajstić information content (AvgIpc) is 2.71. The summed E-state index contributed by atoms with van der Waals surface area (Å²) >= 11 is 0. The predicted molar refractivity (Wildman–Crippen MR) is 118 cm³/mol. The number of aliphatic imine (C=N–C) groups is 1. The second-order valence-corrected chi connectivity index (χ2v) is 7.76. The number of isocyanates is 1. The lowest BCUT2D eigenvalue weighted by Crippen LogP contribution is -2.52. The summed E-state index contributed by atoms with van der Waals surface area (Å²) in [4.78, 5) is 26.4. The van der Waals surface area contributed by atoms with Crippen molar-refractivity contribution in [3.05, 3.63) is 23.8 Å². The van der Waals surface area contributed by atoms with Crippen LogP contribution in [0.4, 0.5) is 16.2 Å². The van der Waals surface area contributed by atoms with E-state index in [-0.39, 0.29) is 0 Å². The van der Waals surface area contributed by atoms with Gasteiger partial charge in [-0.2, -0.15) is 4.99 Å². The number of amides is 1. The number of carbonyl (C=O) groups excluding carboxylic acids is 2. The molecule has 0 unspecified atom stereocenters. The van der Waals surface area contributed by atoms with Gasteiger partial charge in [-0.15, -0.1) is 0 Å². The fourth-order valence-corrected chi connectivity index (χ4v) is 3.49. The highest BCUT2D eigenvalue weighted by atomic mass is 16.5. The Bertz CT molecular complexity index is 648. The molecule has 0 bridgehead atoms. The third-order valence-corrected chi connectivity index (χ3v) is 5.38. The lowest BCUT2D eigenvalue weighted by molar-refractivity contribution is -0.929. The van der Waals surface area contributed by atoms with Crippen LogP contribution in [0.15, 0.2) is 23.2 Å². The number of benzene rings is 1. The molecule has 0 aliphatic heterocycles. The molecule has 6 nitrogen and oxygen atoms in total. The van der Waals surface area contributed by atoms with Crippen LogP contribution in [0.25, 0.3) is 0 Å². The number of hydrogen-bond donors (Lipinski definition) is 1. The molecule has 0 saturated carbocycles. The lowest BCUT2D eigenvalue weighted by atomic mass is 10.1. The Morgan fingerprint density at radius 2 is 1.62 bits per heavy atom. The normalized spacial score (nSPS) is 11.0. The minimum atomic E-state index is -0.477. The first-order valence-electron chi connectivity index (χ1n) is 11.0. The van der Waals surface area contributed by atoms with E-state index in [9.17, 15) is 9.59 Å². The number of unbranched alkanes of at least 4 members (excludes halogenated alkanes) is 3. The number of ether oxygens (including phenoxy) is 1. The fraction of sp³-hybridized carbons (Fsp3) is 0.652. The molecule has 1 N–H and O–H groups in total. The first-order valence-corrected chi connectivity index (χ1v) is 11.0. The lowest BCUT2D eigenvalue weighted by Gasteiger charge is -2.39. The summed E-state index contributed by atoms with van der Waals surface area (Å²) < 4.78 is 6.53. The fourth-order valence-electron chi connectivity index (χ4n) is 3.49. The molecule has 1 amide bonds. The largest absolute Gasteiger partial charge is 0.443 e. The van der Waals surface area contributed by atoms with Crippen molar-refractivity contribution >= 4 is 23.5 Å². The van der Waals surface area contributed by atoms with Crippen molar-refractivity contribution in [2.75, 3.05) is 38.1 Å². The van der Waals surface area contributed by atoms with E-state index in [0.717, 1.165) is 36.2 Å². The topological polar surface area (TPSA) is 67.8 Å². The second kappa shape index (κ2) is 13.9. The van der Waals surface area contributed by atoms with E-state index in [1.807, 2.05) is 6.92 Å². The smallest absolute Gasteiger partial charge is 0.411 e. The van der Waals surface area contributed by atoms with Gasteiger partial charge in [0.25, 0.3) is 0 Å². The van der Waals surface area contributed by atoms with Gasteiger partial charge < -0.3 is 9.22 Å². The zero-order valence-corrected chi connectivity index (χ0v) is 18.6. The maximum atomic E-state index is 12.2. The summed E-state index contributed by atoms with van der Waals surface area (Å²) in [6.45, 7) is 13.2. The van der Waals surface area contributed by atoms with E-state index in [0.29, 0.717) is 18.0 Å². The van der Waals surface area contributed by atoms with Gasteiger partial charge in [-0.05, 0) is 43.9 Å². The van der Waals surface area contributed by atoms with Crippen LogP contribution in [0.2, 0.25) is 0 Å². The average molecular weight is 405 g/mol. The second-order valence-electron chi connectivity index (χ2n) is 7.76. The highest BCUT2D eigenvalue weighted by Crippen LogP contribution is 2.22. The Morgan fingerprint density at radius 1 is 1.03 bits per heavy atom. The van der Waals surface area contributed by atoms with E-state index >= 15 is 0 Å². The quantitative estimate of drug-likeness (QED) is 0.245. The van der Waals surface area contributed by atoms with Gasteiger partial charge in [0.1, 0.15) is 13.2 Å². The molecule has 1 aromatic rings. The molecule has 29 heavy (non-hydrogen) atoms. The van der Waals surface area contributed by atoms with Crippen molar-refractivity contribution in [3.8, 4) is 0 Å². The van der Waals surface area contributed by atoms with E-state index in [2.05, 4.69) is 31.1 Å². The molecular weight excluding hydrogens is 366 g/mol. The zero-order valence-electron chi connectivity index (χ0n) is 18.6. The van der Waals surface area contributed by atoms with Crippen molar-refractivity contribution in [2.45, 2.75) is 66.2 Å². The molecule has 1 rings (SSSR count). The van der Waals surface area contributed by atoms with Crippen LogP contribution in [0, 0.1) is 6.92 Å². The summed E-state index contributed by atoms with van der Waals surface area (Å²) in [5.41, 5.74) is 1.89. The number of nitrogens with zero attached hydrogens (tertiary/aromatic N) is 2. The number of rotatable bonds is 14. The molecule has 0 radical (unpaired) electrons. The predicted octanol–water partition coefficient (Wildman–Crippen LogP) is 5.73. The van der Waals surface area contributed by atoms with Gasteiger partial charge in [0, 0.05) is 5.69 Å². The van der Waals surface area contributed by atoms with Gasteiger partial charge in [-0.25, -0.2) is 9.59 Å². The third-order valence-electron chi connectivity index (χ3n) is 5.38. The van der Waals surface area contributed by atoms with Crippen molar-refractivity contribution in [1.82, 2.24) is 0 Å². The van der Waals surface area contributed by atoms with Gasteiger partial charge in [-0.1, -0.05) is 46.1 Å². The molecule has 0 aliphatic rings. The van der Waals surface area contributed by atoms with Crippen molar-refractivity contribution in [2.24, 2.45) is 4.99 Å². The van der Waals surface area contributed by atoms with Crippen LogP contribution in [-0.4, -0.2) is 49.4 Å². The Kier molecular flexibility index (Phi) is 11.9. The summed E-state index contributed by atoms with van der Waals surface area (Å²) in [6.07, 6.45) is 8.19. The van der Waals surface area contributed by atoms with Gasteiger partial charge in [0.2, 0.25) is 6.08 Å². The van der Waals surface area contributed by atoms with E-state index in [1.54, 1.807) is 18.2 Å². The molecule has 0 atom stereocenters. The van der Waals surface area contributed by atoms with E-state index < -0.39 is 6.09 Å². The molecule has 162 valence electrons. The van der Waals surface area contributed by atoms with Crippen LogP contribution < -0.4 is 5.32 Å². The van der Waals surface area contributed by atoms with E-state index in [4.69, 9.17) is 4.74 Å². The van der Waals surface area contributed by atoms with Crippen LogP contribution in [0.3, 0.4) is 0 Å². The standard InChI is InChI=1S/C23H37N3O3/c1-5-8-13-26(14-9-6-2,15-10-7-3)16-17-29-23(28)25-21-12-11-20(4)22(18-21)24-19-27/h11-12,18H,5-10,13-17H2,1-4H3/p+1. The summed E-state index contributed by atoms with van der Waals surface area (Å²) in [6, 6.07) is 5.21. The number of carbonyl (C=O) groups is 1. The first-order chi connectivity index (χ1) is 14.0. The van der Waals surface area contributed by atoms with Crippen LogP contribution >= 0.6 is 0 Å². The molecule has 0 aromatic heterocycles. The van der Waals surface area contributed by atoms with Gasteiger partial charge in [0.15, 0.2) is 0 Å². The molecule has 0 heterocycles. The molecule has 6 heteroatoms. The summed E-state index contributed by atoms with van der Waals surface area (Å²) in [7, 11) is 0. The number of aryl methyl sites for hydroxylation is 1. The highest BCUT2D eigenvalue weighted by molar-refractivity contribution is 5.85. The maximum Gasteiger partial charge on any atom is 0.411 e. The Labute approximate surface area is 175 Å². The van der Waals surface area contributed by atoms with E-state index in [1.165, 1.54) is 44.6 Å². The van der Waals surface area contributed by atoms with Crippen molar-refractivity contribution < 1.29 is 18.8 Å². The highest BCUT2D eigenvalue weighted by Gasteiger charge is 2.26. The van der Waals surface area contributed by atoms with Crippen LogP contribution in [-0.2, 0) is 9.53 Å². The first kappa shape index (κ1) is 24.9. The van der Waals surface area contributed by atoms with Crippen molar-refractivity contribution in [3.63, 3.8) is 0 Å². The Hall–Kier alpha value is -2.17. The monoisotopic (exact) mass is 404 g/mol. The Balaban J connectivity index is 2.68. The Morgan fingerprint density at radius 3 is 2.14 bits per heavy atom. The molecule has 0 aliphatic carbocycles. The van der Waals surface area contributed by atoms with Crippen LogP contribution in [0.1, 0.15) is 64.9 Å². The van der Waals surface area contributed by atoms with Gasteiger partial charge >= 0.3 is 6.09 Å². The number of anilines is 1. The van der Waals surface area contributed by atoms with Gasteiger partial charge in [0.05, 0.1) is 25.3 Å². The maximum absolute atomic E-state index is 12.2.